The molecule has 0 radical (unpaired) electrons. The van der Waals surface area contributed by atoms with E-state index in [-0.39, 0.29) is 6.03 Å². The third-order valence-corrected chi connectivity index (χ3v) is 5.05. The van der Waals surface area contributed by atoms with Crippen molar-refractivity contribution >= 4 is 11.8 Å². The van der Waals surface area contributed by atoms with Crippen LogP contribution in [0, 0.1) is 13.8 Å². The quantitative estimate of drug-likeness (QED) is 0.802. The lowest BCUT2D eigenvalue weighted by atomic mass is 10.1. The molecule has 0 bridgehead atoms. The molecule has 27 heavy (non-hydrogen) atoms. The van der Waals surface area contributed by atoms with E-state index in [0.29, 0.717) is 12.6 Å². The molecule has 1 unspecified atom stereocenters. The van der Waals surface area contributed by atoms with Crippen LogP contribution < -0.4 is 5.32 Å². The van der Waals surface area contributed by atoms with Crippen LogP contribution in [0.4, 0.5) is 10.6 Å². The van der Waals surface area contributed by atoms with Gasteiger partial charge in [-0.25, -0.2) is 9.48 Å². The van der Waals surface area contributed by atoms with Gasteiger partial charge in [-0.1, -0.05) is 29.8 Å². The summed E-state index contributed by atoms with van der Waals surface area (Å²) in [5, 5.41) is 7.46. The Balaban J connectivity index is 1.56. The number of amides is 2. The summed E-state index contributed by atoms with van der Waals surface area (Å²) in [7, 11) is 1.83. The molecule has 6 nitrogen and oxygen atoms in total. The van der Waals surface area contributed by atoms with E-state index in [9.17, 15) is 4.79 Å². The lowest BCUT2D eigenvalue weighted by Crippen LogP contribution is -2.33. The Morgan fingerprint density at radius 1 is 1.41 bits per heavy atom. The molecule has 6 heteroatoms. The summed E-state index contributed by atoms with van der Waals surface area (Å²) in [5.41, 5.74) is 3.34. The van der Waals surface area contributed by atoms with Gasteiger partial charge in [0.15, 0.2) is 0 Å². The van der Waals surface area contributed by atoms with E-state index in [1.807, 2.05) is 24.7 Å². The number of rotatable bonds is 7. The molecule has 1 N–H and O–H groups in total. The van der Waals surface area contributed by atoms with Crippen molar-refractivity contribution in [3.05, 3.63) is 47.2 Å². The molecule has 1 atom stereocenters. The molecule has 0 aliphatic carbocycles. The third kappa shape index (κ3) is 5.32. The highest BCUT2D eigenvalue weighted by molar-refractivity contribution is 5.88. The second-order valence-electron chi connectivity index (χ2n) is 7.45. The number of hydrogen-bond acceptors (Lipinski definition) is 3. The zero-order valence-corrected chi connectivity index (χ0v) is 16.6. The standard InChI is InChI=1S/C21H30N4O2/c1-16-7-4-8-18(13-16)15-25-20(17(2)14-22-25)23-21(26)24(3)11-5-9-19-10-6-12-27-19/h4,7-8,13-14,19H,5-6,9-12,15H2,1-3H3,(H,23,26). The van der Waals surface area contributed by atoms with Crippen LogP contribution in [0.25, 0.3) is 0 Å². The minimum atomic E-state index is -0.101. The third-order valence-electron chi connectivity index (χ3n) is 5.05. The highest BCUT2D eigenvalue weighted by Gasteiger charge is 2.17. The van der Waals surface area contributed by atoms with E-state index in [2.05, 4.69) is 35.5 Å². The highest BCUT2D eigenvalue weighted by atomic mass is 16.5. The SMILES string of the molecule is Cc1cccc(Cn2ncc(C)c2NC(=O)N(C)CCCC2CCCO2)c1. The number of benzene rings is 1. The number of aromatic nitrogens is 2. The molecule has 1 aliphatic rings. The zero-order chi connectivity index (χ0) is 19.2. The molecular weight excluding hydrogens is 340 g/mol. The van der Waals surface area contributed by atoms with Gasteiger partial charge in [0.1, 0.15) is 5.82 Å². The molecule has 3 rings (SSSR count). The summed E-state index contributed by atoms with van der Waals surface area (Å²) in [4.78, 5) is 14.3. The van der Waals surface area contributed by atoms with Gasteiger partial charge < -0.3 is 9.64 Å². The summed E-state index contributed by atoms with van der Waals surface area (Å²) in [6, 6.07) is 8.23. The Morgan fingerprint density at radius 2 is 2.26 bits per heavy atom. The molecule has 2 heterocycles. The van der Waals surface area contributed by atoms with Gasteiger partial charge in [-0.15, -0.1) is 0 Å². The number of urea groups is 1. The van der Waals surface area contributed by atoms with Crippen LogP contribution in [0.15, 0.2) is 30.5 Å². The number of aryl methyl sites for hydroxylation is 2. The molecule has 0 spiro atoms. The van der Waals surface area contributed by atoms with Gasteiger partial charge in [-0.05, 0) is 45.1 Å². The average Bonchev–Trinajstić information content (AvgIpc) is 3.27. The molecule has 1 saturated heterocycles. The summed E-state index contributed by atoms with van der Waals surface area (Å²) in [6.45, 7) is 6.27. The topological polar surface area (TPSA) is 59.4 Å². The monoisotopic (exact) mass is 370 g/mol. The van der Waals surface area contributed by atoms with Crippen LogP contribution >= 0.6 is 0 Å². The summed E-state index contributed by atoms with van der Waals surface area (Å²) < 4.78 is 7.50. The first kappa shape index (κ1) is 19.4. The van der Waals surface area contributed by atoms with Crippen molar-refractivity contribution in [3.8, 4) is 0 Å². The van der Waals surface area contributed by atoms with Gasteiger partial charge in [0.25, 0.3) is 0 Å². The average molecular weight is 370 g/mol. The lowest BCUT2D eigenvalue weighted by Gasteiger charge is -2.20. The van der Waals surface area contributed by atoms with E-state index >= 15 is 0 Å². The van der Waals surface area contributed by atoms with Crippen LogP contribution in [-0.2, 0) is 11.3 Å². The molecule has 2 amide bonds. The fraction of sp³-hybridized carbons (Fsp3) is 0.524. The van der Waals surface area contributed by atoms with E-state index in [0.717, 1.165) is 50.2 Å². The molecular formula is C21H30N4O2. The number of hydrogen-bond donors (Lipinski definition) is 1. The van der Waals surface area contributed by atoms with Crippen LogP contribution in [0.2, 0.25) is 0 Å². The molecule has 0 saturated carbocycles. The Labute approximate surface area is 161 Å². The Morgan fingerprint density at radius 3 is 3.00 bits per heavy atom. The second-order valence-corrected chi connectivity index (χ2v) is 7.45. The van der Waals surface area contributed by atoms with Crippen molar-refractivity contribution in [3.63, 3.8) is 0 Å². The van der Waals surface area contributed by atoms with E-state index in [4.69, 9.17) is 4.74 Å². The van der Waals surface area contributed by atoms with Crippen molar-refractivity contribution in [1.82, 2.24) is 14.7 Å². The first-order valence-corrected chi connectivity index (χ1v) is 9.74. The number of nitrogens with zero attached hydrogens (tertiary/aromatic N) is 3. The maximum absolute atomic E-state index is 12.6. The Bertz CT molecular complexity index is 765. The fourth-order valence-corrected chi connectivity index (χ4v) is 3.47. The lowest BCUT2D eigenvalue weighted by molar-refractivity contribution is 0.100. The van der Waals surface area contributed by atoms with Gasteiger partial charge in [0, 0.05) is 25.8 Å². The van der Waals surface area contributed by atoms with Gasteiger partial charge in [-0.3, -0.25) is 5.32 Å². The predicted molar refractivity (Wildman–Crippen MR) is 107 cm³/mol. The Hall–Kier alpha value is -2.34. The number of ether oxygens (including phenoxy) is 1. The molecule has 2 aromatic rings. The van der Waals surface area contributed by atoms with Gasteiger partial charge in [-0.2, -0.15) is 5.10 Å². The van der Waals surface area contributed by atoms with E-state index in [1.165, 1.54) is 11.1 Å². The van der Waals surface area contributed by atoms with Crippen LogP contribution in [-0.4, -0.2) is 47.0 Å². The number of carbonyl (C=O) groups excluding carboxylic acids is 1. The zero-order valence-electron chi connectivity index (χ0n) is 16.6. The molecule has 1 aromatic carbocycles. The normalized spacial score (nSPS) is 16.5. The van der Waals surface area contributed by atoms with Crippen LogP contribution in [0.1, 0.15) is 42.4 Å². The van der Waals surface area contributed by atoms with Crippen LogP contribution in [0.3, 0.4) is 0 Å². The van der Waals surface area contributed by atoms with Crippen molar-refractivity contribution in [2.24, 2.45) is 0 Å². The van der Waals surface area contributed by atoms with Crippen LogP contribution in [0.5, 0.6) is 0 Å². The Kier molecular flexibility index (Phi) is 6.50. The molecule has 1 aromatic heterocycles. The maximum atomic E-state index is 12.6. The first-order chi connectivity index (χ1) is 13.0. The predicted octanol–water partition coefficient (Wildman–Crippen LogP) is 3.97. The summed E-state index contributed by atoms with van der Waals surface area (Å²) in [6.07, 6.45) is 6.44. The maximum Gasteiger partial charge on any atom is 0.322 e. The fourth-order valence-electron chi connectivity index (χ4n) is 3.47. The van der Waals surface area contributed by atoms with E-state index < -0.39 is 0 Å². The van der Waals surface area contributed by atoms with Crippen molar-refractivity contribution in [2.45, 2.75) is 52.2 Å². The van der Waals surface area contributed by atoms with Gasteiger partial charge in [0.2, 0.25) is 0 Å². The molecule has 146 valence electrons. The number of nitrogens with one attached hydrogen (secondary N) is 1. The summed E-state index contributed by atoms with van der Waals surface area (Å²) in [5.74, 6) is 0.757. The first-order valence-electron chi connectivity index (χ1n) is 9.74. The van der Waals surface area contributed by atoms with Crippen molar-refractivity contribution in [2.75, 3.05) is 25.5 Å². The van der Waals surface area contributed by atoms with Gasteiger partial charge in [0.05, 0.1) is 18.8 Å². The molecule has 1 fully saturated rings. The molecule has 1 aliphatic heterocycles. The smallest absolute Gasteiger partial charge is 0.322 e. The van der Waals surface area contributed by atoms with E-state index in [1.54, 1.807) is 11.1 Å². The number of carbonyl (C=O) groups is 1. The minimum Gasteiger partial charge on any atom is -0.378 e. The second kappa shape index (κ2) is 9.04. The van der Waals surface area contributed by atoms with Crippen molar-refractivity contribution < 1.29 is 9.53 Å². The highest BCUT2D eigenvalue weighted by Crippen LogP contribution is 2.18. The summed E-state index contributed by atoms with van der Waals surface area (Å²) >= 11 is 0. The van der Waals surface area contributed by atoms with Gasteiger partial charge >= 0.3 is 6.03 Å². The minimum absolute atomic E-state index is 0.101. The number of anilines is 1. The largest absolute Gasteiger partial charge is 0.378 e. The van der Waals surface area contributed by atoms with Crippen molar-refractivity contribution in [1.29, 1.82) is 0 Å².